The lowest BCUT2D eigenvalue weighted by molar-refractivity contribution is 0.0310. The van der Waals surface area contributed by atoms with Gasteiger partial charge in [-0.3, -0.25) is 4.98 Å². The largest absolute Gasteiger partial charge is 0.381 e. The predicted molar refractivity (Wildman–Crippen MR) is 64.4 cm³/mol. The number of ether oxygens (including phenoxy) is 1. The maximum Gasteiger partial charge on any atom is 0.0563 e. The van der Waals surface area contributed by atoms with E-state index >= 15 is 0 Å². The molecule has 3 nitrogen and oxygen atoms in total. The van der Waals surface area contributed by atoms with E-state index in [2.05, 4.69) is 17.1 Å². The second-order valence-electron chi connectivity index (χ2n) is 4.66. The van der Waals surface area contributed by atoms with Crippen LogP contribution < -0.4 is 5.73 Å². The van der Waals surface area contributed by atoms with Crippen molar-refractivity contribution in [1.82, 2.24) is 4.98 Å². The van der Waals surface area contributed by atoms with Crippen molar-refractivity contribution >= 4 is 0 Å². The van der Waals surface area contributed by atoms with Gasteiger partial charge in [-0.2, -0.15) is 0 Å². The summed E-state index contributed by atoms with van der Waals surface area (Å²) in [5.41, 5.74) is 8.18. The zero-order valence-corrected chi connectivity index (χ0v) is 9.91. The van der Waals surface area contributed by atoms with Crippen LogP contribution in [0.1, 0.15) is 30.5 Å². The third kappa shape index (κ3) is 2.25. The van der Waals surface area contributed by atoms with Crippen LogP contribution in [0.15, 0.2) is 18.3 Å². The van der Waals surface area contributed by atoms with Gasteiger partial charge in [0, 0.05) is 23.9 Å². The molecule has 1 aliphatic heterocycles. The second-order valence-corrected chi connectivity index (χ2v) is 4.66. The number of rotatable bonds is 3. The van der Waals surface area contributed by atoms with Crippen LogP contribution in [-0.4, -0.2) is 24.7 Å². The van der Waals surface area contributed by atoms with Crippen molar-refractivity contribution in [3.8, 4) is 0 Å². The Hall–Kier alpha value is -0.930. The molecule has 0 aliphatic carbocycles. The Bertz CT molecular complexity index is 323. The first kappa shape index (κ1) is 11.6. The van der Waals surface area contributed by atoms with Crippen molar-refractivity contribution in [2.75, 3.05) is 19.8 Å². The molecule has 2 rings (SSSR count). The van der Waals surface area contributed by atoms with E-state index in [-0.39, 0.29) is 5.41 Å². The number of aryl methyl sites for hydroxylation is 1. The minimum Gasteiger partial charge on any atom is -0.381 e. The molecule has 0 radical (unpaired) electrons. The van der Waals surface area contributed by atoms with Gasteiger partial charge in [-0.05, 0) is 44.4 Å². The predicted octanol–water partition coefficient (Wildman–Crippen LogP) is 1.79. The first-order valence-corrected chi connectivity index (χ1v) is 5.98. The zero-order chi connectivity index (χ0) is 11.4. The number of aromatic nitrogens is 1. The van der Waals surface area contributed by atoms with Crippen LogP contribution in [0.25, 0.3) is 0 Å². The molecule has 1 aliphatic rings. The van der Waals surface area contributed by atoms with E-state index in [4.69, 9.17) is 10.5 Å². The summed E-state index contributed by atoms with van der Waals surface area (Å²) in [6, 6.07) is 4.24. The molecular weight excluding hydrogens is 200 g/mol. The third-order valence-electron chi connectivity index (χ3n) is 3.47. The fraction of sp³-hybridized carbons (Fsp3) is 0.615. The molecule has 1 atom stereocenters. The molecular formula is C13H20N2O. The normalized spacial score (nSPS) is 25.6. The third-order valence-corrected chi connectivity index (χ3v) is 3.47. The first-order chi connectivity index (χ1) is 7.77. The molecule has 2 heterocycles. The Morgan fingerprint density at radius 1 is 1.50 bits per heavy atom. The average molecular weight is 220 g/mol. The molecule has 88 valence electrons. The van der Waals surface area contributed by atoms with E-state index in [0.29, 0.717) is 6.54 Å². The maximum atomic E-state index is 5.74. The standard InChI is InChI=1S/C13H20N2O/c1-11-3-4-12(9-15-11)13(6-7-14)5-2-8-16-10-13/h3-4,9H,2,5-8,10,14H2,1H3. The number of pyridine rings is 1. The lowest BCUT2D eigenvalue weighted by Crippen LogP contribution is -2.38. The summed E-state index contributed by atoms with van der Waals surface area (Å²) >= 11 is 0. The summed E-state index contributed by atoms with van der Waals surface area (Å²) in [6.07, 6.45) is 5.25. The Balaban J connectivity index is 2.26. The highest BCUT2D eigenvalue weighted by Gasteiger charge is 2.34. The number of nitrogens with zero attached hydrogens (tertiary/aromatic N) is 1. The molecule has 1 fully saturated rings. The molecule has 0 aromatic carbocycles. The molecule has 1 unspecified atom stereocenters. The van der Waals surface area contributed by atoms with Crippen LogP contribution in [0.2, 0.25) is 0 Å². The highest BCUT2D eigenvalue weighted by Crippen LogP contribution is 2.35. The van der Waals surface area contributed by atoms with Crippen molar-refractivity contribution in [2.24, 2.45) is 5.73 Å². The Morgan fingerprint density at radius 2 is 2.38 bits per heavy atom. The van der Waals surface area contributed by atoms with Gasteiger partial charge in [0.15, 0.2) is 0 Å². The van der Waals surface area contributed by atoms with Crippen molar-refractivity contribution in [3.63, 3.8) is 0 Å². The summed E-state index contributed by atoms with van der Waals surface area (Å²) in [5, 5.41) is 0. The molecule has 1 saturated heterocycles. The van der Waals surface area contributed by atoms with Gasteiger partial charge in [0.1, 0.15) is 0 Å². The maximum absolute atomic E-state index is 5.74. The lowest BCUT2D eigenvalue weighted by Gasteiger charge is -2.37. The molecule has 0 amide bonds. The minimum atomic E-state index is 0.105. The number of hydrogen-bond donors (Lipinski definition) is 1. The molecule has 1 aromatic rings. The van der Waals surface area contributed by atoms with E-state index < -0.39 is 0 Å². The number of hydrogen-bond acceptors (Lipinski definition) is 3. The topological polar surface area (TPSA) is 48.1 Å². The van der Waals surface area contributed by atoms with E-state index in [0.717, 1.165) is 38.2 Å². The zero-order valence-electron chi connectivity index (χ0n) is 9.91. The van der Waals surface area contributed by atoms with Crippen molar-refractivity contribution < 1.29 is 4.74 Å². The average Bonchev–Trinajstić information content (AvgIpc) is 2.31. The highest BCUT2D eigenvalue weighted by molar-refractivity contribution is 5.24. The van der Waals surface area contributed by atoms with Gasteiger partial charge in [-0.1, -0.05) is 6.07 Å². The van der Waals surface area contributed by atoms with Crippen LogP contribution in [0.3, 0.4) is 0 Å². The van der Waals surface area contributed by atoms with Crippen LogP contribution in [-0.2, 0) is 10.2 Å². The molecule has 0 bridgehead atoms. The van der Waals surface area contributed by atoms with E-state index in [9.17, 15) is 0 Å². The van der Waals surface area contributed by atoms with Gasteiger partial charge < -0.3 is 10.5 Å². The quantitative estimate of drug-likeness (QED) is 0.844. The molecule has 3 heteroatoms. The molecule has 1 aromatic heterocycles. The Labute approximate surface area is 97.0 Å². The molecule has 0 saturated carbocycles. The van der Waals surface area contributed by atoms with Gasteiger partial charge >= 0.3 is 0 Å². The van der Waals surface area contributed by atoms with Gasteiger partial charge in [0.2, 0.25) is 0 Å². The van der Waals surface area contributed by atoms with Gasteiger partial charge in [-0.25, -0.2) is 0 Å². The summed E-state index contributed by atoms with van der Waals surface area (Å²) in [4.78, 5) is 4.39. The van der Waals surface area contributed by atoms with Crippen LogP contribution >= 0.6 is 0 Å². The monoisotopic (exact) mass is 220 g/mol. The lowest BCUT2D eigenvalue weighted by atomic mass is 9.74. The second kappa shape index (κ2) is 4.93. The fourth-order valence-electron chi connectivity index (χ4n) is 2.48. The molecule has 2 N–H and O–H groups in total. The van der Waals surface area contributed by atoms with Gasteiger partial charge in [0.05, 0.1) is 6.61 Å². The number of nitrogens with two attached hydrogens (primary N) is 1. The van der Waals surface area contributed by atoms with Crippen LogP contribution in [0.4, 0.5) is 0 Å². The smallest absolute Gasteiger partial charge is 0.0563 e. The van der Waals surface area contributed by atoms with Crippen LogP contribution in [0, 0.1) is 6.92 Å². The summed E-state index contributed by atoms with van der Waals surface area (Å²) in [7, 11) is 0. The Morgan fingerprint density at radius 3 is 2.94 bits per heavy atom. The van der Waals surface area contributed by atoms with E-state index in [1.807, 2.05) is 13.1 Å². The molecule has 16 heavy (non-hydrogen) atoms. The molecule has 0 spiro atoms. The Kier molecular flexibility index (Phi) is 3.56. The van der Waals surface area contributed by atoms with E-state index in [1.165, 1.54) is 5.56 Å². The summed E-state index contributed by atoms with van der Waals surface area (Å²) in [5.74, 6) is 0. The van der Waals surface area contributed by atoms with Crippen molar-refractivity contribution in [1.29, 1.82) is 0 Å². The SMILES string of the molecule is Cc1ccc(C2(CCN)CCCOC2)cn1. The van der Waals surface area contributed by atoms with Crippen molar-refractivity contribution in [3.05, 3.63) is 29.6 Å². The summed E-state index contributed by atoms with van der Waals surface area (Å²) < 4.78 is 5.64. The van der Waals surface area contributed by atoms with Crippen LogP contribution in [0.5, 0.6) is 0 Å². The highest BCUT2D eigenvalue weighted by atomic mass is 16.5. The van der Waals surface area contributed by atoms with Gasteiger partial charge in [-0.15, -0.1) is 0 Å². The first-order valence-electron chi connectivity index (χ1n) is 5.98. The minimum absolute atomic E-state index is 0.105. The van der Waals surface area contributed by atoms with Gasteiger partial charge in [0.25, 0.3) is 0 Å². The summed E-state index contributed by atoms with van der Waals surface area (Å²) in [6.45, 7) is 4.38. The van der Waals surface area contributed by atoms with E-state index in [1.54, 1.807) is 0 Å². The fourth-order valence-corrected chi connectivity index (χ4v) is 2.48. The van der Waals surface area contributed by atoms with Crippen molar-refractivity contribution in [2.45, 2.75) is 31.6 Å².